The molecule has 0 aromatic heterocycles. The first-order valence-corrected chi connectivity index (χ1v) is 7.83. The third-order valence-electron chi connectivity index (χ3n) is 2.98. The van der Waals surface area contributed by atoms with Crippen molar-refractivity contribution in [2.24, 2.45) is 11.7 Å². The van der Waals surface area contributed by atoms with Crippen LogP contribution in [0.4, 0.5) is 0 Å². The number of hydrogen-bond acceptors (Lipinski definition) is 7. The molecule has 0 saturated carbocycles. The fraction of sp³-hybridized carbons (Fsp3) is 1.00. The smallest absolute Gasteiger partial charge is 0.0778 e. The molecule has 0 heterocycles. The molecule has 7 nitrogen and oxygen atoms in total. The summed E-state index contributed by atoms with van der Waals surface area (Å²) in [5.41, 5.74) is 5.39. The summed E-state index contributed by atoms with van der Waals surface area (Å²) in [4.78, 5) is 0. The van der Waals surface area contributed by atoms with E-state index in [0.29, 0.717) is 65.8 Å². The van der Waals surface area contributed by atoms with Gasteiger partial charge in [-0.3, -0.25) is 0 Å². The second-order valence-electron chi connectivity index (χ2n) is 5.11. The van der Waals surface area contributed by atoms with Gasteiger partial charge in [-0.1, -0.05) is 44.6 Å². The minimum Gasteiger partial charge on any atom is -0.391 e. The highest BCUT2D eigenvalue weighted by atomic mass is 16.5. The van der Waals surface area contributed by atoms with E-state index >= 15 is 0 Å². The van der Waals surface area contributed by atoms with Gasteiger partial charge in [0.1, 0.15) is 0 Å². The van der Waals surface area contributed by atoms with E-state index in [1.807, 2.05) is 0 Å². The molecular weight excluding hydrogens is 362 g/mol. The predicted octanol–water partition coefficient (Wildman–Crippen LogP) is 3.86. The standard InChI is InChI=1S/C15H33NO6.6CH4/c1-18-6-8-21-11-14(12-22-9-7-19-2)10-15(17)13-20-5-3-4-16;;;;;;/h14-15,17H,3-13,16H2,1-2H3;6*1H4. The van der Waals surface area contributed by atoms with Crippen LogP contribution < -0.4 is 5.73 Å². The van der Waals surface area contributed by atoms with Crippen LogP contribution in [0.3, 0.4) is 0 Å². The van der Waals surface area contributed by atoms with Gasteiger partial charge in [-0.05, 0) is 19.4 Å². The van der Waals surface area contributed by atoms with Gasteiger partial charge in [-0.15, -0.1) is 0 Å². The molecule has 1 unspecified atom stereocenters. The van der Waals surface area contributed by atoms with Crippen molar-refractivity contribution in [2.45, 2.75) is 63.5 Å². The molecule has 0 aromatic carbocycles. The van der Waals surface area contributed by atoms with E-state index in [9.17, 15) is 5.11 Å². The normalized spacial score (nSPS) is 10.2. The summed E-state index contributed by atoms with van der Waals surface area (Å²) in [5.74, 6) is 0.113. The Hall–Kier alpha value is -0.280. The van der Waals surface area contributed by atoms with Gasteiger partial charge in [0, 0.05) is 26.7 Å². The van der Waals surface area contributed by atoms with Crippen LogP contribution in [0.5, 0.6) is 0 Å². The second-order valence-corrected chi connectivity index (χ2v) is 5.11. The van der Waals surface area contributed by atoms with Crippen LogP contribution in [0.2, 0.25) is 0 Å². The van der Waals surface area contributed by atoms with Gasteiger partial charge >= 0.3 is 0 Å². The maximum Gasteiger partial charge on any atom is 0.0778 e. The Bertz CT molecular complexity index is 211. The third kappa shape index (κ3) is 33.3. The van der Waals surface area contributed by atoms with Gasteiger partial charge in [0.25, 0.3) is 0 Å². The number of aliphatic hydroxyl groups is 1. The molecule has 7 heteroatoms. The van der Waals surface area contributed by atoms with Crippen LogP contribution in [-0.4, -0.2) is 84.8 Å². The van der Waals surface area contributed by atoms with E-state index in [1.54, 1.807) is 14.2 Å². The Morgan fingerprint density at radius 3 is 1.50 bits per heavy atom. The van der Waals surface area contributed by atoms with Crippen LogP contribution in [0.25, 0.3) is 0 Å². The first kappa shape index (κ1) is 46.1. The lowest BCUT2D eigenvalue weighted by Crippen LogP contribution is -2.26. The van der Waals surface area contributed by atoms with Crippen LogP contribution >= 0.6 is 0 Å². The molecule has 0 saturated heterocycles. The van der Waals surface area contributed by atoms with E-state index in [2.05, 4.69) is 0 Å². The molecule has 0 spiro atoms. The molecule has 0 fully saturated rings. The molecule has 0 bridgehead atoms. The van der Waals surface area contributed by atoms with E-state index in [1.165, 1.54) is 0 Å². The minimum absolute atomic E-state index is 0. The molecule has 0 aliphatic heterocycles. The largest absolute Gasteiger partial charge is 0.391 e. The average molecular weight is 420 g/mol. The number of ether oxygens (including phenoxy) is 5. The highest BCUT2D eigenvalue weighted by Gasteiger charge is 2.16. The molecule has 3 N–H and O–H groups in total. The predicted molar refractivity (Wildman–Crippen MR) is 124 cm³/mol. The van der Waals surface area contributed by atoms with Gasteiger partial charge in [0.05, 0.1) is 52.4 Å². The summed E-state index contributed by atoms with van der Waals surface area (Å²) < 4.78 is 26.3. The molecule has 0 amide bonds. The second kappa shape index (κ2) is 37.5. The van der Waals surface area contributed by atoms with Gasteiger partial charge in [0.2, 0.25) is 0 Å². The van der Waals surface area contributed by atoms with E-state index in [4.69, 9.17) is 29.4 Å². The van der Waals surface area contributed by atoms with E-state index in [0.717, 1.165) is 6.42 Å². The maximum absolute atomic E-state index is 10.0. The lowest BCUT2D eigenvalue weighted by molar-refractivity contribution is -0.0238. The highest BCUT2D eigenvalue weighted by Crippen LogP contribution is 2.09. The lowest BCUT2D eigenvalue weighted by atomic mass is 10.0. The number of nitrogens with two attached hydrogens (primary N) is 1. The summed E-state index contributed by atoms with van der Waals surface area (Å²) in [6.45, 7) is 4.72. The molecule has 0 aliphatic carbocycles. The Balaban J connectivity index is -0.000000147. The summed E-state index contributed by atoms with van der Waals surface area (Å²) in [7, 11) is 3.27. The topological polar surface area (TPSA) is 92.4 Å². The van der Waals surface area contributed by atoms with Crippen molar-refractivity contribution in [3.05, 3.63) is 0 Å². The molecule has 0 rings (SSSR count). The van der Waals surface area contributed by atoms with Crippen LogP contribution in [0, 0.1) is 5.92 Å². The van der Waals surface area contributed by atoms with Gasteiger partial charge in [-0.2, -0.15) is 0 Å². The van der Waals surface area contributed by atoms with Crippen molar-refractivity contribution in [3.8, 4) is 0 Å². The van der Waals surface area contributed by atoms with Crippen molar-refractivity contribution in [1.29, 1.82) is 0 Å². The van der Waals surface area contributed by atoms with Gasteiger partial charge in [-0.25, -0.2) is 0 Å². The quantitative estimate of drug-likeness (QED) is 0.346. The summed E-state index contributed by atoms with van der Waals surface area (Å²) in [6, 6.07) is 0. The van der Waals surface area contributed by atoms with Gasteiger partial charge < -0.3 is 34.5 Å². The monoisotopic (exact) mass is 419 g/mol. The van der Waals surface area contributed by atoms with Crippen molar-refractivity contribution >= 4 is 0 Å². The summed E-state index contributed by atoms with van der Waals surface area (Å²) in [6.07, 6.45) is 0.846. The molecule has 0 aliphatic rings. The van der Waals surface area contributed by atoms with E-state index < -0.39 is 6.10 Å². The zero-order valence-corrected chi connectivity index (χ0v) is 14.0. The van der Waals surface area contributed by atoms with Crippen molar-refractivity contribution < 1.29 is 28.8 Å². The Morgan fingerprint density at radius 2 is 1.11 bits per heavy atom. The zero-order chi connectivity index (χ0) is 16.5. The fourth-order valence-corrected chi connectivity index (χ4v) is 1.83. The molecule has 0 aromatic rings. The lowest BCUT2D eigenvalue weighted by Gasteiger charge is -2.20. The fourth-order valence-electron chi connectivity index (χ4n) is 1.83. The number of aliphatic hydroxyl groups excluding tert-OH is 1. The molecule has 182 valence electrons. The Labute approximate surface area is 178 Å². The van der Waals surface area contributed by atoms with E-state index in [-0.39, 0.29) is 50.5 Å². The number of hydrogen-bond donors (Lipinski definition) is 2. The Morgan fingerprint density at radius 1 is 0.679 bits per heavy atom. The average Bonchev–Trinajstić information content (AvgIpc) is 2.52. The zero-order valence-electron chi connectivity index (χ0n) is 14.0. The van der Waals surface area contributed by atoms with Crippen LogP contribution in [-0.2, 0) is 23.7 Å². The van der Waals surface area contributed by atoms with Gasteiger partial charge in [0.15, 0.2) is 0 Å². The van der Waals surface area contributed by atoms with Crippen molar-refractivity contribution in [3.63, 3.8) is 0 Å². The number of methoxy groups -OCH3 is 2. The maximum atomic E-state index is 10.0. The SMILES string of the molecule is C.C.C.C.C.C.COCCOCC(COCCOC)CC(O)COCCCN. The van der Waals surface area contributed by atoms with Crippen molar-refractivity contribution in [2.75, 3.05) is 73.6 Å². The molecule has 0 radical (unpaired) electrons. The first-order chi connectivity index (χ1) is 10.7. The molecular formula is C21H57NO6. The molecule has 1 atom stereocenters. The summed E-state index contributed by atoms with van der Waals surface area (Å²) >= 11 is 0. The minimum atomic E-state index is -0.528. The number of rotatable bonds is 17. The first-order valence-electron chi connectivity index (χ1n) is 7.83. The highest BCUT2D eigenvalue weighted by molar-refractivity contribution is 4.65. The van der Waals surface area contributed by atoms with Crippen LogP contribution in [0.15, 0.2) is 0 Å². The van der Waals surface area contributed by atoms with Crippen LogP contribution in [0.1, 0.15) is 57.4 Å². The third-order valence-corrected chi connectivity index (χ3v) is 2.98. The Kier molecular flexibility index (Phi) is 61.7. The summed E-state index contributed by atoms with van der Waals surface area (Å²) in [5, 5.41) is 10.0. The van der Waals surface area contributed by atoms with Crippen molar-refractivity contribution in [1.82, 2.24) is 0 Å². The molecule has 28 heavy (non-hydrogen) atoms.